The number of rotatable bonds is 7. The standard InChI is InChI=1S/C20H32N4O2S2/c1-2-21-20(23-16-18-7-6-14-27-18)22-15-17-8-10-19(11-9-17)28(25,26)24-12-4-3-5-13-24/h8-11,18H,2-7,12-16H2,1H3,(H2,21,22,23). The maximum atomic E-state index is 12.7. The number of nitrogens with zero attached hydrogens (tertiary/aromatic N) is 2. The van der Waals surface area contributed by atoms with Crippen LogP contribution in [0.3, 0.4) is 0 Å². The predicted molar refractivity (Wildman–Crippen MR) is 117 cm³/mol. The molecule has 2 aliphatic rings. The van der Waals surface area contributed by atoms with Gasteiger partial charge >= 0.3 is 0 Å². The summed E-state index contributed by atoms with van der Waals surface area (Å²) in [6.07, 6.45) is 5.59. The van der Waals surface area contributed by atoms with Crippen molar-refractivity contribution < 1.29 is 8.42 Å². The van der Waals surface area contributed by atoms with Crippen LogP contribution in [0.5, 0.6) is 0 Å². The molecule has 1 aromatic carbocycles. The van der Waals surface area contributed by atoms with Crippen LogP contribution in [-0.2, 0) is 16.6 Å². The summed E-state index contributed by atoms with van der Waals surface area (Å²) in [7, 11) is -3.37. The highest BCUT2D eigenvalue weighted by atomic mass is 32.2. The van der Waals surface area contributed by atoms with E-state index in [-0.39, 0.29) is 0 Å². The largest absolute Gasteiger partial charge is 0.357 e. The van der Waals surface area contributed by atoms with Gasteiger partial charge < -0.3 is 10.6 Å². The number of hydrogen-bond donors (Lipinski definition) is 2. The van der Waals surface area contributed by atoms with Crippen molar-refractivity contribution in [3.05, 3.63) is 29.8 Å². The molecule has 2 N–H and O–H groups in total. The normalized spacial score (nSPS) is 21.6. The molecule has 28 heavy (non-hydrogen) atoms. The van der Waals surface area contributed by atoms with Crippen molar-refractivity contribution in [1.82, 2.24) is 14.9 Å². The first-order chi connectivity index (χ1) is 13.6. The lowest BCUT2D eigenvalue weighted by Crippen LogP contribution is -2.40. The first-order valence-corrected chi connectivity index (χ1v) is 12.8. The summed E-state index contributed by atoms with van der Waals surface area (Å²) >= 11 is 2.03. The molecule has 0 amide bonds. The minimum absolute atomic E-state index is 0.380. The molecule has 0 bridgehead atoms. The fourth-order valence-corrected chi connectivity index (χ4v) is 6.27. The number of hydrogen-bond acceptors (Lipinski definition) is 4. The number of guanidine groups is 1. The van der Waals surface area contributed by atoms with Crippen molar-refractivity contribution in [3.8, 4) is 0 Å². The average Bonchev–Trinajstić information content (AvgIpc) is 3.25. The van der Waals surface area contributed by atoms with Crippen molar-refractivity contribution in [2.45, 2.75) is 55.7 Å². The minimum Gasteiger partial charge on any atom is -0.357 e. The molecule has 2 heterocycles. The van der Waals surface area contributed by atoms with Crippen molar-refractivity contribution in [2.24, 2.45) is 4.99 Å². The van der Waals surface area contributed by atoms with Gasteiger partial charge in [-0.1, -0.05) is 18.6 Å². The van der Waals surface area contributed by atoms with Crippen molar-refractivity contribution in [3.63, 3.8) is 0 Å². The van der Waals surface area contributed by atoms with E-state index in [1.165, 1.54) is 18.6 Å². The van der Waals surface area contributed by atoms with Gasteiger partial charge in [-0.25, -0.2) is 13.4 Å². The van der Waals surface area contributed by atoms with Gasteiger partial charge in [0, 0.05) is 31.4 Å². The van der Waals surface area contributed by atoms with Gasteiger partial charge in [-0.05, 0) is 56.1 Å². The van der Waals surface area contributed by atoms with E-state index in [0.29, 0.717) is 29.8 Å². The Morgan fingerprint density at radius 2 is 1.89 bits per heavy atom. The van der Waals surface area contributed by atoms with E-state index in [4.69, 9.17) is 0 Å². The van der Waals surface area contributed by atoms with Gasteiger partial charge in [0.1, 0.15) is 0 Å². The van der Waals surface area contributed by atoms with E-state index >= 15 is 0 Å². The molecule has 0 radical (unpaired) electrons. The Labute approximate surface area is 173 Å². The van der Waals surface area contributed by atoms with Crippen LogP contribution >= 0.6 is 11.8 Å². The topological polar surface area (TPSA) is 73.8 Å². The Bertz CT molecular complexity index is 738. The second-order valence-corrected chi connectivity index (χ2v) is 10.7. The molecule has 2 saturated heterocycles. The summed E-state index contributed by atoms with van der Waals surface area (Å²) in [6, 6.07) is 7.17. The molecule has 156 valence electrons. The third-order valence-electron chi connectivity index (χ3n) is 5.16. The van der Waals surface area contributed by atoms with Gasteiger partial charge in [0.15, 0.2) is 5.96 Å². The molecule has 3 rings (SSSR count). The van der Waals surface area contributed by atoms with E-state index in [0.717, 1.165) is 43.9 Å². The van der Waals surface area contributed by atoms with Gasteiger partial charge in [0.25, 0.3) is 0 Å². The molecule has 1 unspecified atom stereocenters. The van der Waals surface area contributed by atoms with Crippen molar-refractivity contribution in [1.29, 1.82) is 0 Å². The van der Waals surface area contributed by atoms with Crippen LogP contribution in [0.2, 0.25) is 0 Å². The SMILES string of the molecule is CCNC(=NCc1ccc(S(=O)(=O)N2CCCCC2)cc1)NCC1CCCS1. The monoisotopic (exact) mass is 424 g/mol. The van der Waals surface area contributed by atoms with Crippen LogP contribution in [0.15, 0.2) is 34.2 Å². The number of benzene rings is 1. The van der Waals surface area contributed by atoms with Crippen LogP contribution in [0.25, 0.3) is 0 Å². The van der Waals surface area contributed by atoms with Crippen LogP contribution in [0.4, 0.5) is 0 Å². The summed E-state index contributed by atoms with van der Waals surface area (Å²) in [6.45, 7) is 5.59. The van der Waals surface area contributed by atoms with Gasteiger partial charge in [-0.15, -0.1) is 0 Å². The summed E-state index contributed by atoms with van der Waals surface area (Å²) < 4.78 is 27.1. The zero-order chi connectivity index (χ0) is 19.8. The molecule has 0 saturated carbocycles. The van der Waals surface area contributed by atoms with Crippen LogP contribution in [-0.4, -0.2) is 55.9 Å². The van der Waals surface area contributed by atoms with E-state index in [1.54, 1.807) is 16.4 Å². The summed E-state index contributed by atoms with van der Waals surface area (Å²) in [5.41, 5.74) is 1.00. The summed E-state index contributed by atoms with van der Waals surface area (Å²) in [5, 5.41) is 7.38. The number of nitrogens with one attached hydrogen (secondary N) is 2. The number of thioether (sulfide) groups is 1. The smallest absolute Gasteiger partial charge is 0.243 e. The Kier molecular flexibility index (Phi) is 8.05. The molecule has 8 heteroatoms. The Morgan fingerprint density at radius 3 is 2.54 bits per heavy atom. The zero-order valence-corrected chi connectivity index (χ0v) is 18.3. The molecule has 2 fully saturated rings. The first kappa shape index (κ1) is 21.5. The lowest BCUT2D eigenvalue weighted by Gasteiger charge is -2.25. The molecular formula is C20H32N4O2S2. The van der Waals surface area contributed by atoms with E-state index in [9.17, 15) is 8.42 Å². The maximum Gasteiger partial charge on any atom is 0.243 e. The first-order valence-electron chi connectivity index (χ1n) is 10.3. The molecule has 0 aromatic heterocycles. The highest BCUT2D eigenvalue weighted by Gasteiger charge is 2.25. The number of piperidine rings is 1. The highest BCUT2D eigenvalue weighted by Crippen LogP contribution is 2.25. The zero-order valence-electron chi connectivity index (χ0n) is 16.7. The molecule has 6 nitrogen and oxygen atoms in total. The maximum absolute atomic E-state index is 12.7. The third-order valence-corrected chi connectivity index (χ3v) is 8.47. The molecule has 2 aliphatic heterocycles. The van der Waals surface area contributed by atoms with Gasteiger partial charge in [-0.2, -0.15) is 16.1 Å². The third kappa shape index (κ3) is 5.87. The average molecular weight is 425 g/mol. The summed E-state index contributed by atoms with van der Waals surface area (Å²) in [5.74, 6) is 2.08. The van der Waals surface area contributed by atoms with Crippen LogP contribution < -0.4 is 10.6 Å². The lowest BCUT2D eigenvalue weighted by atomic mass is 10.2. The molecule has 1 atom stereocenters. The Morgan fingerprint density at radius 1 is 1.14 bits per heavy atom. The molecule has 1 aromatic rings. The number of aliphatic imine (C=N–C) groups is 1. The van der Waals surface area contributed by atoms with Crippen LogP contribution in [0, 0.1) is 0 Å². The predicted octanol–water partition coefficient (Wildman–Crippen LogP) is 2.81. The van der Waals surface area contributed by atoms with Crippen LogP contribution in [0.1, 0.15) is 44.6 Å². The molecule has 0 spiro atoms. The fourth-order valence-electron chi connectivity index (χ4n) is 3.55. The number of sulfonamides is 1. The van der Waals surface area contributed by atoms with Crippen molar-refractivity contribution >= 4 is 27.7 Å². The second kappa shape index (κ2) is 10.5. The van der Waals surface area contributed by atoms with E-state index < -0.39 is 10.0 Å². The Balaban J connectivity index is 1.59. The Hall–Kier alpha value is -1.25. The highest BCUT2D eigenvalue weighted by molar-refractivity contribution is 8.00. The van der Waals surface area contributed by atoms with Gasteiger partial charge in [0.2, 0.25) is 10.0 Å². The summed E-state index contributed by atoms with van der Waals surface area (Å²) in [4.78, 5) is 5.03. The van der Waals surface area contributed by atoms with Gasteiger partial charge in [-0.3, -0.25) is 0 Å². The minimum atomic E-state index is -3.37. The lowest BCUT2D eigenvalue weighted by molar-refractivity contribution is 0.346. The molecular weight excluding hydrogens is 392 g/mol. The fraction of sp³-hybridized carbons (Fsp3) is 0.650. The van der Waals surface area contributed by atoms with E-state index in [2.05, 4.69) is 22.5 Å². The van der Waals surface area contributed by atoms with Gasteiger partial charge in [0.05, 0.1) is 11.4 Å². The molecule has 0 aliphatic carbocycles. The van der Waals surface area contributed by atoms with Crippen molar-refractivity contribution in [2.75, 3.05) is 31.9 Å². The second-order valence-electron chi connectivity index (χ2n) is 7.32. The quantitative estimate of drug-likeness (QED) is 0.520. The van der Waals surface area contributed by atoms with E-state index in [1.807, 2.05) is 23.9 Å².